The number of carbonyl (C=O) groups excluding carboxylic acids is 3. The molecular formula is C24H27N3O6S. The monoisotopic (exact) mass is 485 g/mol. The van der Waals surface area contributed by atoms with E-state index in [1.165, 1.54) is 41.6 Å². The van der Waals surface area contributed by atoms with Crippen molar-refractivity contribution in [2.75, 3.05) is 25.0 Å². The second kappa shape index (κ2) is 11.6. The number of ether oxygens (including phenoxy) is 1. The number of esters is 1. The second-order valence-corrected chi connectivity index (χ2v) is 9.70. The molecule has 34 heavy (non-hydrogen) atoms. The van der Waals surface area contributed by atoms with Crippen molar-refractivity contribution in [3.63, 3.8) is 0 Å². The number of hydrogen-bond acceptors (Lipinski definition) is 6. The fourth-order valence-corrected chi connectivity index (χ4v) is 4.94. The van der Waals surface area contributed by atoms with Crippen LogP contribution in [0, 0.1) is 0 Å². The maximum atomic E-state index is 12.7. The highest BCUT2D eigenvalue weighted by Crippen LogP contribution is 2.22. The summed E-state index contributed by atoms with van der Waals surface area (Å²) in [6.07, 6.45) is 4.16. The second-order valence-electron chi connectivity index (χ2n) is 7.76. The molecule has 1 saturated heterocycles. The van der Waals surface area contributed by atoms with E-state index in [0.717, 1.165) is 19.3 Å². The molecule has 2 aromatic carbocycles. The van der Waals surface area contributed by atoms with Crippen LogP contribution in [0.3, 0.4) is 0 Å². The van der Waals surface area contributed by atoms with Gasteiger partial charge in [0.15, 0.2) is 6.61 Å². The molecule has 0 spiro atoms. The van der Waals surface area contributed by atoms with Crippen molar-refractivity contribution in [1.29, 1.82) is 0 Å². The molecule has 9 nitrogen and oxygen atoms in total. The molecule has 0 unspecified atom stereocenters. The third-order valence-electron chi connectivity index (χ3n) is 5.07. The molecule has 180 valence electrons. The fraction of sp³-hybridized carbons (Fsp3) is 0.292. The summed E-state index contributed by atoms with van der Waals surface area (Å²) >= 11 is 0. The SMILES string of the molecule is CC(=O)N/C(=C\c1ccccc1)C(=O)OCC(=O)Nc1ccc(S(=O)(=O)N2CCCCC2)cc1. The van der Waals surface area contributed by atoms with E-state index in [0.29, 0.717) is 24.3 Å². The van der Waals surface area contributed by atoms with Gasteiger partial charge in [-0.25, -0.2) is 13.2 Å². The standard InChI is InChI=1S/C24H27N3O6S/c1-18(28)25-22(16-19-8-4-2-5-9-19)24(30)33-17-23(29)26-20-10-12-21(13-11-20)34(31,32)27-14-6-3-7-15-27/h2,4-5,8-13,16H,3,6-7,14-15,17H2,1H3,(H,25,28)(H,26,29)/b22-16-. The van der Waals surface area contributed by atoms with E-state index in [2.05, 4.69) is 10.6 Å². The summed E-state index contributed by atoms with van der Waals surface area (Å²) in [7, 11) is -3.56. The molecule has 10 heteroatoms. The first-order valence-electron chi connectivity index (χ1n) is 10.9. The van der Waals surface area contributed by atoms with Crippen LogP contribution >= 0.6 is 0 Å². The summed E-state index contributed by atoms with van der Waals surface area (Å²) in [6.45, 7) is 1.68. The fourth-order valence-electron chi connectivity index (χ4n) is 3.42. The predicted octanol–water partition coefficient (Wildman–Crippen LogP) is 2.52. The minimum atomic E-state index is -3.56. The van der Waals surface area contributed by atoms with Gasteiger partial charge in [-0.3, -0.25) is 9.59 Å². The Morgan fingerprint density at radius 2 is 1.62 bits per heavy atom. The molecular weight excluding hydrogens is 458 g/mol. The number of hydrogen-bond donors (Lipinski definition) is 2. The van der Waals surface area contributed by atoms with Gasteiger partial charge in [0.25, 0.3) is 5.91 Å². The van der Waals surface area contributed by atoms with E-state index in [9.17, 15) is 22.8 Å². The van der Waals surface area contributed by atoms with Crippen molar-refractivity contribution in [3.8, 4) is 0 Å². The molecule has 2 aromatic rings. The van der Waals surface area contributed by atoms with Crippen LogP contribution in [-0.4, -0.2) is 50.2 Å². The third-order valence-corrected chi connectivity index (χ3v) is 6.98. The zero-order valence-electron chi connectivity index (χ0n) is 18.8. The van der Waals surface area contributed by atoms with Crippen molar-refractivity contribution in [3.05, 3.63) is 65.9 Å². The molecule has 0 atom stereocenters. The van der Waals surface area contributed by atoms with Crippen LogP contribution in [0.15, 0.2) is 65.2 Å². The molecule has 0 bridgehead atoms. The van der Waals surface area contributed by atoms with Crippen LogP contribution in [-0.2, 0) is 29.1 Å². The van der Waals surface area contributed by atoms with Gasteiger partial charge in [-0.15, -0.1) is 0 Å². The molecule has 2 amide bonds. The molecule has 1 fully saturated rings. The Morgan fingerprint density at radius 3 is 2.24 bits per heavy atom. The van der Waals surface area contributed by atoms with Gasteiger partial charge in [-0.1, -0.05) is 36.8 Å². The van der Waals surface area contributed by atoms with Crippen molar-refractivity contribution < 1.29 is 27.5 Å². The molecule has 0 radical (unpaired) electrons. The first-order valence-corrected chi connectivity index (χ1v) is 12.3. The van der Waals surface area contributed by atoms with Crippen LogP contribution in [0.4, 0.5) is 5.69 Å². The quantitative estimate of drug-likeness (QED) is 0.438. The summed E-state index contributed by atoms with van der Waals surface area (Å²) in [5, 5.41) is 4.96. The lowest BCUT2D eigenvalue weighted by Crippen LogP contribution is -2.35. The van der Waals surface area contributed by atoms with E-state index in [1.54, 1.807) is 24.3 Å². The number of nitrogens with one attached hydrogen (secondary N) is 2. The van der Waals surface area contributed by atoms with Crippen LogP contribution in [0.5, 0.6) is 0 Å². The first-order chi connectivity index (χ1) is 16.3. The lowest BCUT2D eigenvalue weighted by Gasteiger charge is -2.25. The average molecular weight is 486 g/mol. The van der Waals surface area contributed by atoms with E-state index < -0.39 is 34.4 Å². The molecule has 0 aromatic heterocycles. The van der Waals surface area contributed by atoms with E-state index in [-0.39, 0.29) is 10.6 Å². The number of piperidine rings is 1. The molecule has 0 saturated carbocycles. The highest BCUT2D eigenvalue weighted by atomic mass is 32.2. The van der Waals surface area contributed by atoms with Crippen molar-refractivity contribution in [2.45, 2.75) is 31.1 Å². The Balaban J connectivity index is 1.58. The third kappa shape index (κ3) is 7.00. The maximum absolute atomic E-state index is 12.7. The minimum absolute atomic E-state index is 0.0984. The zero-order chi connectivity index (χ0) is 24.6. The molecule has 1 aliphatic rings. The van der Waals surface area contributed by atoms with Gasteiger partial charge in [0.1, 0.15) is 5.70 Å². The molecule has 1 aliphatic heterocycles. The number of benzene rings is 2. The Bertz CT molecular complexity index is 1150. The summed E-state index contributed by atoms with van der Waals surface area (Å²) in [4.78, 5) is 36.2. The van der Waals surface area contributed by atoms with E-state index >= 15 is 0 Å². The largest absolute Gasteiger partial charge is 0.451 e. The summed E-state index contributed by atoms with van der Waals surface area (Å²) in [6, 6.07) is 14.7. The summed E-state index contributed by atoms with van der Waals surface area (Å²) in [5.41, 5.74) is 0.937. The summed E-state index contributed by atoms with van der Waals surface area (Å²) in [5.74, 6) is -1.93. The van der Waals surface area contributed by atoms with Crippen LogP contribution in [0.1, 0.15) is 31.7 Å². The number of rotatable bonds is 8. The lowest BCUT2D eigenvalue weighted by molar-refractivity contribution is -0.144. The molecule has 0 aliphatic carbocycles. The van der Waals surface area contributed by atoms with Crippen molar-refractivity contribution in [1.82, 2.24) is 9.62 Å². The zero-order valence-corrected chi connectivity index (χ0v) is 19.6. The molecule has 2 N–H and O–H groups in total. The van der Waals surface area contributed by atoms with Gasteiger partial charge in [-0.2, -0.15) is 4.31 Å². The number of amides is 2. The first kappa shape index (κ1) is 25.1. The molecule has 1 heterocycles. The van der Waals surface area contributed by atoms with E-state index in [1.807, 2.05) is 6.07 Å². The highest BCUT2D eigenvalue weighted by molar-refractivity contribution is 7.89. The number of nitrogens with zero attached hydrogens (tertiary/aromatic N) is 1. The minimum Gasteiger partial charge on any atom is -0.451 e. The number of carbonyl (C=O) groups is 3. The normalized spacial score (nSPS) is 14.8. The summed E-state index contributed by atoms with van der Waals surface area (Å²) < 4.78 is 31.9. The van der Waals surface area contributed by atoms with Crippen LogP contribution < -0.4 is 10.6 Å². The Hall–Kier alpha value is -3.50. The Labute approximate surface area is 198 Å². The number of sulfonamides is 1. The Morgan fingerprint density at radius 1 is 0.971 bits per heavy atom. The smallest absolute Gasteiger partial charge is 0.355 e. The number of anilines is 1. The van der Waals surface area contributed by atoms with Gasteiger partial charge in [0, 0.05) is 25.7 Å². The highest BCUT2D eigenvalue weighted by Gasteiger charge is 2.25. The van der Waals surface area contributed by atoms with Crippen LogP contribution in [0.25, 0.3) is 6.08 Å². The van der Waals surface area contributed by atoms with Crippen LogP contribution in [0.2, 0.25) is 0 Å². The topological polar surface area (TPSA) is 122 Å². The van der Waals surface area contributed by atoms with Gasteiger partial charge in [0.2, 0.25) is 15.9 Å². The lowest BCUT2D eigenvalue weighted by atomic mass is 10.2. The van der Waals surface area contributed by atoms with Gasteiger partial charge in [0.05, 0.1) is 4.90 Å². The molecule has 3 rings (SSSR count). The Kier molecular flexibility index (Phi) is 8.55. The maximum Gasteiger partial charge on any atom is 0.355 e. The van der Waals surface area contributed by atoms with Crippen molar-refractivity contribution in [2.24, 2.45) is 0 Å². The average Bonchev–Trinajstić information content (AvgIpc) is 2.83. The van der Waals surface area contributed by atoms with Gasteiger partial charge >= 0.3 is 5.97 Å². The van der Waals surface area contributed by atoms with E-state index in [4.69, 9.17) is 4.74 Å². The van der Waals surface area contributed by atoms with Gasteiger partial charge in [-0.05, 0) is 48.7 Å². The van der Waals surface area contributed by atoms with Gasteiger partial charge < -0.3 is 15.4 Å². The predicted molar refractivity (Wildman–Crippen MR) is 127 cm³/mol. The van der Waals surface area contributed by atoms with Crippen molar-refractivity contribution >= 4 is 39.6 Å².